The quantitative estimate of drug-likeness (QED) is 0.845. The number of Topliss-reactive ketones (excluding diaryl/α,β-unsaturated/α-hetero) is 1. The summed E-state index contributed by atoms with van der Waals surface area (Å²) in [4.78, 5) is 15.3. The standard InChI is InChI=1S/C19H23NO5/c1-20-7-6-19-9-12(21)14(25-3)8-11(19)16(20)17(22)10-4-5-13(24-2)18(23)15(10)19/h4-5,8,11-12,16,21,23H,6-7,9H2,1-3H3. The number of piperidine rings is 1. The highest BCUT2D eigenvalue weighted by molar-refractivity contribution is 6.05. The first-order valence-electron chi connectivity index (χ1n) is 8.53. The summed E-state index contributed by atoms with van der Waals surface area (Å²) in [5, 5.41) is 21.4. The van der Waals surface area contributed by atoms with Crippen molar-refractivity contribution < 1.29 is 24.5 Å². The zero-order valence-electron chi connectivity index (χ0n) is 14.7. The van der Waals surface area contributed by atoms with Gasteiger partial charge in [-0.15, -0.1) is 0 Å². The van der Waals surface area contributed by atoms with Crippen molar-refractivity contribution in [2.45, 2.75) is 30.4 Å². The molecule has 6 nitrogen and oxygen atoms in total. The number of phenolic OH excluding ortho intramolecular Hbond substituents is 1. The van der Waals surface area contributed by atoms with Crippen LogP contribution in [0.25, 0.3) is 0 Å². The van der Waals surface area contributed by atoms with E-state index in [9.17, 15) is 15.0 Å². The third-order valence-corrected chi connectivity index (χ3v) is 6.22. The predicted molar refractivity (Wildman–Crippen MR) is 90.9 cm³/mol. The van der Waals surface area contributed by atoms with Gasteiger partial charge in [0.15, 0.2) is 17.3 Å². The van der Waals surface area contributed by atoms with E-state index < -0.39 is 11.5 Å². The average molecular weight is 345 g/mol. The molecule has 4 unspecified atom stereocenters. The first kappa shape index (κ1) is 16.4. The fourth-order valence-electron chi connectivity index (χ4n) is 5.05. The van der Waals surface area contributed by atoms with Crippen LogP contribution in [0.3, 0.4) is 0 Å². The van der Waals surface area contributed by atoms with E-state index >= 15 is 0 Å². The minimum Gasteiger partial charge on any atom is -0.504 e. The predicted octanol–water partition coefficient (Wildman–Crippen LogP) is 1.45. The van der Waals surface area contributed by atoms with Crippen molar-refractivity contribution >= 4 is 5.78 Å². The minimum absolute atomic E-state index is 0.00105. The number of rotatable bonds is 2. The average Bonchev–Trinajstić information content (AvgIpc) is 2.60. The summed E-state index contributed by atoms with van der Waals surface area (Å²) in [7, 11) is 4.98. The monoisotopic (exact) mass is 345 g/mol. The molecule has 1 heterocycles. The Bertz CT molecular complexity index is 773. The summed E-state index contributed by atoms with van der Waals surface area (Å²) in [5.41, 5.74) is 0.657. The van der Waals surface area contributed by atoms with Gasteiger partial charge in [0.1, 0.15) is 11.9 Å². The molecule has 1 aliphatic heterocycles. The molecule has 0 saturated carbocycles. The summed E-state index contributed by atoms with van der Waals surface area (Å²) in [6.45, 7) is 0.728. The molecule has 0 radical (unpaired) electrons. The molecule has 1 aromatic rings. The zero-order chi connectivity index (χ0) is 17.9. The number of likely N-dealkylation sites (N-methyl/N-ethyl adjacent to an activating group) is 1. The molecule has 1 saturated heterocycles. The lowest BCUT2D eigenvalue weighted by atomic mass is 9.53. The van der Waals surface area contributed by atoms with E-state index in [-0.39, 0.29) is 23.5 Å². The number of ether oxygens (including phenoxy) is 2. The number of fused-ring (bicyclic) bond motifs is 1. The molecule has 25 heavy (non-hydrogen) atoms. The molecule has 0 spiro atoms. The molecule has 2 bridgehead atoms. The second-order valence-electron chi connectivity index (χ2n) is 7.25. The van der Waals surface area contributed by atoms with Crippen LogP contribution >= 0.6 is 0 Å². The molecule has 2 aliphatic carbocycles. The van der Waals surface area contributed by atoms with Crippen LogP contribution in [0.2, 0.25) is 0 Å². The largest absolute Gasteiger partial charge is 0.504 e. The van der Waals surface area contributed by atoms with Crippen molar-refractivity contribution in [1.82, 2.24) is 4.90 Å². The van der Waals surface area contributed by atoms with Gasteiger partial charge in [0.05, 0.1) is 20.3 Å². The van der Waals surface area contributed by atoms with E-state index in [1.54, 1.807) is 12.1 Å². The van der Waals surface area contributed by atoms with Crippen molar-refractivity contribution in [3.8, 4) is 11.5 Å². The number of aromatic hydroxyl groups is 1. The number of methoxy groups -OCH3 is 2. The van der Waals surface area contributed by atoms with Gasteiger partial charge in [0, 0.05) is 22.5 Å². The molecule has 2 N–H and O–H groups in total. The van der Waals surface area contributed by atoms with Gasteiger partial charge in [0.2, 0.25) is 0 Å². The van der Waals surface area contributed by atoms with Crippen LogP contribution in [0.15, 0.2) is 24.0 Å². The number of hydrogen-bond acceptors (Lipinski definition) is 6. The van der Waals surface area contributed by atoms with Crippen LogP contribution in [0.4, 0.5) is 0 Å². The first-order chi connectivity index (χ1) is 11.9. The van der Waals surface area contributed by atoms with Crippen LogP contribution in [0.1, 0.15) is 28.8 Å². The molecule has 0 aromatic heterocycles. The van der Waals surface area contributed by atoms with Crippen molar-refractivity contribution in [3.63, 3.8) is 0 Å². The lowest BCUT2D eigenvalue weighted by Gasteiger charge is -2.56. The van der Waals surface area contributed by atoms with Crippen molar-refractivity contribution in [2.24, 2.45) is 5.92 Å². The van der Waals surface area contributed by atoms with Gasteiger partial charge in [-0.25, -0.2) is 0 Å². The van der Waals surface area contributed by atoms with Gasteiger partial charge < -0.3 is 19.7 Å². The Hall–Kier alpha value is -2.05. The lowest BCUT2D eigenvalue weighted by Crippen LogP contribution is -2.63. The van der Waals surface area contributed by atoms with Gasteiger partial charge in [-0.1, -0.05) is 0 Å². The highest BCUT2D eigenvalue weighted by atomic mass is 16.5. The van der Waals surface area contributed by atoms with Gasteiger partial charge >= 0.3 is 0 Å². The number of benzene rings is 1. The summed E-state index contributed by atoms with van der Waals surface area (Å²) in [6.07, 6.45) is 2.30. The molecule has 3 aliphatic rings. The van der Waals surface area contributed by atoms with E-state index in [1.165, 1.54) is 14.2 Å². The fourth-order valence-corrected chi connectivity index (χ4v) is 5.05. The van der Waals surface area contributed by atoms with Gasteiger partial charge in [0.25, 0.3) is 0 Å². The molecule has 1 aromatic carbocycles. The fraction of sp³-hybridized carbons (Fsp3) is 0.526. The molecule has 1 fully saturated rings. The third kappa shape index (κ3) is 2.01. The van der Waals surface area contributed by atoms with Crippen molar-refractivity contribution in [2.75, 3.05) is 27.8 Å². The number of likely N-dealkylation sites (tertiary alicyclic amines) is 1. The topological polar surface area (TPSA) is 79.2 Å². The van der Waals surface area contributed by atoms with Crippen LogP contribution in [0, 0.1) is 5.92 Å². The summed E-state index contributed by atoms with van der Waals surface area (Å²) in [6, 6.07) is 3.06. The molecule has 6 heteroatoms. The van der Waals surface area contributed by atoms with Crippen LogP contribution in [-0.4, -0.2) is 60.9 Å². The van der Waals surface area contributed by atoms with E-state index in [4.69, 9.17) is 9.47 Å². The maximum absolute atomic E-state index is 13.2. The smallest absolute Gasteiger partial charge is 0.181 e. The molecule has 134 valence electrons. The van der Waals surface area contributed by atoms with Gasteiger partial charge in [-0.2, -0.15) is 0 Å². The third-order valence-electron chi connectivity index (χ3n) is 6.22. The summed E-state index contributed by atoms with van der Waals surface area (Å²) in [5.74, 6) is 0.719. The van der Waals surface area contributed by atoms with Crippen molar-refractivity contribution in [1.29, 1.82) is 0 Å². The van der Waals surface area contributed by atoms with E-state index in [2.05, 4.69) is 4.90 Å². The van der Waals surface area contributed by atoms with Crippen LogP contribution in [-0.2, 0) is 10.2 Å². The minimum atomic E-state index is -0.753. The Morgan fingerprint density at radius 3 is 2.72 bits per heavy atom. The maximum atomic E-state index is 13.2. The van der Waals surface area contributed by atoms with Crippen LogP contribution < -0.4 is 4.74 Å². The molecule has 0 amide bonds. The maximum Gasteiger partial charge on any atom is 0.181 e. The van der Waals surface area contributed by atoms with Crippen molar-refractivity contribution in [3.05, 3.63) is 35.1 Å². The molecule has 4 rings (SSSR count). The number of nitrogens with zero attached hydrogens (tertiary/aromatic N) is 1. The highest BCUT2D eigenvalue weighted by Crippen LogP contribution is 2.58. The zero-order valence-corrected chi connectivity index (χ0v) is 14.7. The highest BCUT2D eigenvalue weighted by Gasteiger charge is 2.59. The lowest BCUT2D eigenvalue weighted by molar-refractivity contribution is 0.00109. The summed E-state index contributed by atoms with van der Waals surface area (Å²) < 4.78 is 10.6. The first-order valence-corrected chi connectivity index (χ1v) is 8.53. The van der Waals surface area contributed by atoms with Gasteiger partial charge in [-0.3, -0.25) is 9.69 Å². The van der Waals surface area contributed by atoms with E-state index in [0.29, 0.717) is 29.1 Å². The van der Waals surface area contributed by atoms with E-state index in [1.807, 2.05) is 13.1 Å². The SMILES string of the molecule is COC1=CC2C3C(=O)c4ccc(OC)c(O)c4C2(CCN3C)CC1O. The normalized spacial score (nSPS) is 34.0. The molecular weight excluding hydrogens is 322 g/mol. The number of ketones is 1. The number of phenols is 1. The summed E-state index contributed by atoms with van der Waals surface area (Å²) >= 11 is 0. The van der Waals surface area contributed by atoms with Crippen LogP contribution in [0.5, 0.6) is 11.5 Å². The Labute approximate surface area is 146 Å². The second-order valence-corrected chi connectivity index (χ2v) is 7.25. The van der Waals surface area contributed by atoms with Gasteiger partial charge in [-0.05, 0) is 44.6 Å². The molecular formula is C19H23NO5. The Balaban J connectivity index is 2.02. The number of aliphatic hydroxyl groups excluding tert-OH is 1. The second kappa shape index (κ2) is 5.47. The number of aliphatic hydroxyl groups is 1. The Morgan fingerprint density at radius 2 is 2.04 bits per heavy atom. The molecule has 4 atom stereocenters. The Morgan fingerprint density at radius 1 is 1.28 bits per heavy atom. The number of carbonyl (C=O) groups is 1. The number of hydrogen-bond donors (Lipinski definition) is 2. The number of carbonyl (C=O) groups excluding carboxylic acids is 1. The van der Waals surface area contributed by atoms with E-state index in [0.717, 1.165) is 13.0 Å². The Kier molecular flexibility index (Phi) is 3.60.